The Balaban J connectivity index is 1.66. The van der Waals surface area contributed by atoms with Crippen LogP contribution in [0, 0.1) is 6.92 Å². The number of fused-ring (bicyclic) bond motifs is 1. The Labute approximate surface area is 162 Å². The molecule has 2 fully saturated rings. The summed E-state index contributed by atoms with van der Waals surface area (Å²) >= 11 is 0. The Bertz CT molecular complexity index is 839. The lowest BCUT2D eigenvalue weighted by atomic mass is 9.85. The van der Waals surface area contributed by atoms with Crippen LogP contribution in [0.25, 0.3) is 10.8 Å². The number of nitrogens with zero attached hydrogens (tertiary/aromatic N) is 3. The van der Waals surface area contributed by atoms with Gasteiger partial charge in [-0.2, -0.15) is 0 Å². The van der Waals surface area contributed by atoms with Crippen LogP contribution in [0.1, 0.15) is 35.2 Å². The van der Waals surface area contributed by atoms with E-state index in [-0.39, 0.29) is 11.4 Å². The Morgan fingerprint density at radius 3 is 2.37 bits per heavy atom. The molecule has 2 aromatic carbocycles. The standard InChI is InChI=1S/C23H31N3O/c1-18-9-10-21(20-8-5-4-7-19(18)20)22(27)26-14-6-13-25(3)23(17-26)11-15-24(2)16-12-23/h4-5,7-10H,6,11-17H2,1-3H3. The van der Waals surface area contributed by atoms with Gasteiger partial charge in [0.2, 0.25) is 0 Å². The van der Waals surface area contributed by atoms with Gasteiger partial charge >= 0.3 is 0 Å². The van der Waals surface area contributed by atoms with E-state index in [1.54, 1.807) is 0 Å². The summed E-state index contributed by atoms with van der Waals surface area (Å²) in [6, 6.07) is 12.4. The Hall–Kier alpha value is -1.91. The number of piperidine rings is 1. The first kappa shape index (κ1) is 18.5. The predicted molar refractivity (Wildman–Crippen MR) is 111 cm³/mol. The third-order valence-electron chi connectivity index (χ3n) is 6.79. The van der Waals surface area contributed by atoms with E-state index in [4.69, 9.17) is 0 Å². The molecule has 144 valence electrons. The molecule has 0 radical (unpaired) electrons. The molecule has 2 saturated heterocycles. The molecular weight excluding hydrogens is 334 g/mol. The van der Waals surface area contributed by atoms with E-state index in [1.165, 1.54) is 10.9 Å². The minimum atomic E-state index is 0.124. The zero-order valence-corrected chi connectivity index (χ0v) is 16.9. The zero-order valence-electron chi connectivity index (χ0n) is 16.9. The molecule has 4 nitrogen and oxygen atoms in total. The van der Waals surface area contributed by atoms with Gasteiger partial charge in [0.25, 0.3) is 5.91 Å². The lowest BCUT2D eigenvalue weighted by molar-refractivity contribution is 0.0317. The molecule has 0 aliphatic carbocycles. The third kappa shape index (κ3) is 3.37. The van der Waals surface area contributed by atoms with Gasteiger partial charge in [-0.1, -0.05) is 30.3 Å². The van der Waals surface area contributed by atoms with E-state index in [2.05, 4.69) is 60.0 Å². The van der Waals surface area contributed by atoms with E-state index >= 15 is 0 Å². The van der Waals surface area contributed by atoms with Crippen LogP contribution in [-0.2, 0) is 0 Å². The number of hydrogen-bond donors (Lipinski definition) is 0. The van der Waals surface area contributed by atoms with Crippen LogP contribution in [0.3, 0.4) is 0 Å². The largest absolute Gasteiger partial charge is 0.337 e. The van der Waals surface area contributed by atoms with Gasteiger partial charge in [0.05, 0.1) is 0 Å². The van der Waals surface area contributed by atoms with Gasteiger partial charge in [-0.3, -0.25) is 9.69 Å². The summed E-state index contributed by atoms with van der Waals surface area (Å²) < 4.78 is 0. The van der Waals surface area contributed by atoms with Crippen molar-refractivity contribution in [2.75, 3.05) is 46.8 Å². The topological polar surface area (TPSA) is 26.8 Å². The van der Waals surface area contributed by atoms with Gasteiger partial charge in [0, 0.05) is 30.7 Å². The Morgan fingerprint density at radius 1 is 0.926 bits per heavy atom. The third-order valence-corrected chi connectivity index (χ3v) is 6.79. The van der Waals surface area contributed by atoms with E-state index in [0.29, 0.717) is 0 Å². The van der Waals surface area contributed by atoms with Crippen molar-refractivity contribution in [1.82, 2.24) is 14.7 Å². The van der Waals surface area contributed by atoms with Crippen molar-refractivity contribution in [2.24, 2.45) is 0 Å². The zero-order chi connectivity index (χ0) is 19.0. The maximum Gasteiger partial charge on any atom is 0.254 e. The summed E-state index contributed by atoms with van der Waals surface area (Å²) in [5.41, 5.74) is 2.20. The van der Waals surface area contributed by atoms with Crippen molar-refractivity contribution in [1.29, 1.82) is 0 Å². The van der Waals surface area contributed by atoms with Crippen LogP contribution in [0.15, 0.2) is 36.4 Å². The average Bonchev–Trinajstić information content (AvgIpc) is 2.84. The van der Waals surface area contributed by atoms with Crippen LogP contribution >= 0.6 is 0 Å². The first-order chi connectivity index (χ1) is 13.0. The smallest absolute Gasteiger partial charge is 0.254 e. The van der Waals surface area contributed by atoms with Crippen molar-refractivity contribution < 1.29 is 4.79 Å². The second-order valence-electron chi connectivity index (χ2n) is 8.51. The fourth-order valence-corrected chi connectivity index (χ4v) is 4.85. The minimum absolute atomic E-state index is 0.124. The normalized spacial score (nSPS) is 21.5. The quantitative estimate of drug-likeness (QED) is 0.775. The van der Waals surface area contributed by atoms with Crippen molar-refractivity contribution in [2.45, 2.75) is 31.7 Å². The number of hydrogen-bond acceptors (Lipinski definition) is 3. The molecular formula is C23H31N3O. The highest BCUT2D eigenvalue weighted by molar-refractivity contribution is 6.07. The highest BCUT2D eigenvalue weighted by atomic mass is 16.2. The summed E-state index contributed by atoms with van der Waals surface area (Å²) in [5, 5.41) is 2.27. The minimum Gasteiger partial charge on any atom is -0.337 e. The first-order valence-corrected chi connectivity index (χ1v) is 10.2. The second-order valence-corrected chi connectivity index (χ2v) is 8.51. The Kier molecular flexibility index (Phi) is 4.95. The number of likely N-dealkylation sites (tertiary alicyclic amines) is 1. The number of carbonyl (C=O) groups is 1. The number of likely N-dealkylation sites (N-methyl/N-ethyl adjacent to an activating group) is 1. The van der Waals surface area contributed by atoms with Crippen molar-refractivity contribution in [3.63, 3.8) is 0 Å². The number of aryl methyl sites for hydroxylation is 1. The van der Waals surface area contributed by atoms with E-state index in [0.717, 1.165) is 62.9 Å². The molecule has 1 amide bonds. The van der Waals surface area contributed by atoms with Crippen LogP contribution in [-0.4, -0.2) is 73.0 Å². The van der Waals surface area contributed by atoms with Crippen molar-refractivity contribution in [3.05, 3.63) is 47.5 Å². The first-order valence-electron chi connectivity index (χ1n) is 10.2. The number of carbonyl (C=O) groups excluding carboxylic acids is 1. The summed E-state index contributed by atoms with van der Waals surface area (Å²) in [7, 11) is 4.45. The van der Waals surface area contributed by atoms with E-state index < -0.39 is 0 Å². The van der Waals surface area contributed by atoms with Crippen LogP contribution in [0.4, 0.5) is 0 Å². The lowest BCUT2D eigenvalue weighted by Crippen LogP contribution is -2.58. The number of amides is 1. The second kappa shape index (κ2) is 7.25. The molecule has 2 heterocycles. The van der Waals surface area contributed by atoms with Gasteiger partial charge in [0.1, 0.15) is 0 Å². The SMILES string of the molecule is Cc1ccc(C(=O)N2CCCN(C)C3(CCN(C)CC3)C2)c2ccccc12. The summed E-state index contributed by atoms with van der Waals surface area (Å²) in [6.45, 7) is 7.11. The molecule has 4 heteroatoms. The van der Waals surface area contributed by atoms with Gasteiger partial charge in [-0.25, -0.2) is 0 Å². The molecule has 0 aromatic heterocycles. The summed E-state index contributed by atoms with van der Waals surface area (Å²) in [4.78, 5) is 20.6. The molecule has 0 atom stereocenters. The van der Waals surface area contributed by atoms with E-state index in [1.807, 2.05) is 12.1 Å². The van der Waals surface area contributed by atoms with Crippen LogP contribution in [0.2, 0.25) is 0 Å². The van der Waals surface area contributed by atoms with Gasteiger partial charge in [-0.05, 0) is 75.8 Å². The predicted octanol–water partition coefficient (Wildman–Crippen LogP) is 3.39. The van der Waals surface area contributed by atoms with E-state index in [9.17, 15) is 4.79 Å². The van der Waals surface area contributed by atoms with Crippen molar-refractivity contribution >= 4 is 16.7 Å². The number of rotatable bonds is 1. The molecule has 0 N–H and O–H groups in total. The molecule has 27 heavy (non-hydrogen) atoms. The summed E-state index contributed by atoms with van der Waals surface area (Å²) in [6.07, 6.45) is 3.32. The molecule has 2 aliphatic heterocycles. The molecule has 4 rings (SSSR count). The Morgan fingerprint density at radius 2 is 1.63 bits per heavy atom. The van der Waals surface area contributed by atoms with Gasteiger partial charge in [0.15, 0.2) is 0 Å². The maximum absolute atomic E-state index is 13.6. The fourth-order valence-electron chi connectivity index (χ4n) is 4.85. The lowest BCUT2D eigenvalue weighted by Gasteiger charge is -2.47. The monoisotopic (exact) mass is 365 g/mol. The highest BCUT2D eigenvalue weighted by Crippen LogP contribution is 2.32. The maximum atomic E-state index is 13.6. The van der Waals surface area contributed by atoms with Crippen molar-refractivity contribution in [3.8, 4) is 0 Å². The fraction of sp³-hybridized carbons (Fsp3) is 0.522. The molecule has 1 spiro atoms. The van der Waals surface area contributed by atoms with Gasteiger partial charge in [-0.15, -0.1) is 0 Å². The molecule has 2 aromatic rings. The average molecular weight is 366 g/mol. The van der Waals surface area contributed by atoms with Gasteiger partial charge < -0.3 is 9.80 Å². The number of benzene rings is 2. The van der Waals surface area contributed by atoms with Crippen LogP contribution in [0.5, 0.6) is 0 Å². The molecule has 0 unspecified atom stereocenters. The van der Waals surface area contributed by atoms with Crippen LogP contribution < -0.4 is 0 Å². The molecule has 2 aliphatic rings. The summed E-state index contributed by atoms with van der Waals surface area (Å²) in [5.74, 6) is 0.194. The molecule has 0 bridgehead atoms. The highest BCUT2D eigenvalue weighted by Gasteiger charge is 2.41. The molecule has 0 saturated carbocycles.